The molecule has 2 aromatic rings. The first-order valence-corrected chi connectivity index (χ1v) is 7.01. The molecule has 0 radical (unpaired) electrons. The lowest BCUT2D eigenvalue weighted by molar-refractivity contribution is 0.312. The van der Waals surface area contributed by atoms with E-state index in [1.165, 1.54) is 25.2 Å². The van der Waals surface area contributed by atoms with E-state index in [4.69, 9.17) is 0 Å². The van der Waals surface area contributed by atoms with Gasteiger partial charge < -0.3 is 5.32 Å². The van der Waals surface area contributed by atoms with Gasteiger partial charge in [0.1, 0.15) is 0 Å². The minimum atomic E-state index is 0.809. The molecule has 0 amide bonds. The van der Waals surface area contributed by atoms with Crippen LogP contribution in [0.2, 0.25) is 0 Å². The van der Waals surface area contributed by atoms with Crippen molar-refractivity contribution in [3.05, 3.63) is 23.5 Å². The predicted molar refractivity (Wildman–Crippen MR) is 70.4 cm³/mol. The van der Waals surface area contributed by atoms with E-state index in [1.807, 2.05) is 7.05 Å². The lowest BCUT2D eigenvalue weighted by Gasteiger charge is -2.14. The summed E-state index contributed by atoms with van der Waals surface area (Å²) in [4.78, 5) is 8.24. The van der Waals surface area contributed by atoms with Gasteiger partial charge in [-0.05, 0) is 32.5 Å². The van der Waals surface area contributed by atoms with Crippen LogP contribution in [-0.4, -0.2) is 41.0 Å². The van der Waals surface area contributed by atoms with Gasteiger partial charge in [-0.3, -0.25) is 9.30 Å². The summed E-state index contributed by atoms with van der Waals surface area (Å²) in [6, 6.07) is 0. The zero-order valence-corrected chi connectivity index (χ0v) is 10.9. The van der Waals surface area contributed by atoms with Gasteiger partial charge in [0.15, 0.2) is 4.96 Å². The molecule has 17 heavy (non-hydrogen) atoms. The van der Waals surface area contributed by atoms with Crippen LogP contribution in [0, 0.1) is 5.92 Å². The molecule has 2 aromatic heterocycles. The van der Waals surface area contributed by atoms with Crippen molar-refractivity contribution in [2.45, 2.75) is 13.0 Å². The van der Waals surface area contributed by atoms with Crippen LogP contribution >= 0.6 is 11.3 Å². The average Bonchev–Trinajstić information content (AvgIpc) is 2.95. The van der Waals surface area contributed by atoms with E-state index < -0.39 is 0 Å². The maximum absolute atomic E-state index is 4.63. The molecule has 3 rings (SSSR count). The standard InChI is InChI=1S/C12H18N4S/c1-13-6-10-2-3-15(7-10)8-11-9-16-4-5-17-12(16)14-11/h4-5,9-10,13H,2-3,6-8H2,1H3. The molecule has 1 aliphatic rings. The first-order chi connectivity index (χ1) is 8.35. The molecule has 5 heteroatoms. The molecule has 1 atom stereocenters. The topological polar surface area (TPSA) is 32.6 Å². The summed E-state index contributed by atoms with van der Waals surface area (Å²) in [7, 11) is 2.03. The van der Waals surface area contributed by atoms with Crippen LogP contribution in [0.5, 0.6) is 0 Å². The fraction of sp³-hybridized carbons (Fsp3) is 0.583. The Balaban J connectivity index is 1.62. The molecule has 1 unspecified atom stereocenters. The van der Waals surface area contributed by atoms with Crippen molar-refractivity contribution < 1.29 is 0 Å². The zero-order valence-electron chi connectivity index (χ0n) is 10.1. The van der Waals surface area contributed by atoms with Crippen LogP contribution in [-0.2, 0) is 6.54 Å². The number of hydrogen-bond acceptors (Lipinski definition) is 4. The van der Waals surface area contributed by atoms with Crippen molar-refractivity contribution in [3.8, 4) is 0 Å². The van der Waals surface area contributed by atoms with Crippen LogP contribution in [0.4, 0.5) is 0 Å². The number of imidazole rings is 1. The molecule has 0 bridgehead atoms. The zero-order chi connectivity index (χ0) is 11.7. The third-order valence-corrected chi connectivity index (χ3v) is 4.16. The van der Waals surface area contributed by atoms with Crippen molar-refractivity contribution in [2.75, 3.05) is 26.7 Å². The Kier molecular flexibility index (Phi) is 3.13. The number of hydrogen-bond donors (Lipinski definition) is 1. The second kappa shape index (κ2) is 4.76. The van der Waals surface area contributed by atoms with Gasteiger partial charge in [-0.15, -0.1) is 11.3 Å². The van der Waals surface area contributed by atoms with Gasteiger partial charge in [-0.1, -0.05) is 0 Å². The highest BCUT2D eigenvalue weighted by Crippen LogP contribution is 2.19. The maximum atomic E-state index is 4.63. The number of aromatic nitrogens is 2. The molecule has 1 N–H and O–H groups in total. The number of likely N-dealkylation sites (tertiary alicyclic amines) is 1. The second-order valence-electron chi connectivity index (χ2n) is 4.77. The van der Waals surface area contributed by atoms with Gasteiger partial charge in [-0.25, -0.2) is 4.98 Å². The van der Waals surface area contributed by atoms with E-state index in [0.29, 0.717) is 0 Å². The highest BCUT2D eigenvalue weighted by Gasteiger charge is 2.22. The highest BCUT2D eigenvalue weighted by molar-refractivity contribution is 7.15. The van der Waals surface area contributed by atoms with Gasteiger partial charge in [0.2, 0.25) is 0 Å². The SMILES string of the molecule is CNCC1CCN(Cc2cn3ccsc3n2)C1. The lowest BCUT2D eigenvalue weighted by atomic mass is 10.1. The normalized spacial score (nSPS) is 21.6. The quantitative estimate of drug-likeness (QED) is 0.891. The smallest absolute Gasteiger partial charge is 0.193 e. The first kappa shape index (κ1) is 11.2. The van der Waals surface area contributed by atoms with Crippen molar-refractivity contribution >= 4 is 16.3 Å². The molecule has 0 saturated carbocycles. The predicted octanol–water partition coefficient (Wildman–Crippen LogP) is 1.44. The maximum Gasteiger partial charge on any atom is 0.193 e. The molecule has 0 aliphatic carbocycles. The van der Waals surface area contributed by atoms with E-state index >= 15 is 0 Å². The van der Waals surface area contributed by atoms with Gasteiger partial charge in [0.05, 0.1) is 5.69 Å². The Bertz CT molecular complexity index is 461. The molecule has 1 fully saturated rings. The number of nitrogens with one attached hydrogen (secondary N) is 1. The summed E-state index contributed by atoms with van der Waals surface area (Å²) < 4.78 is 2.11. The Hall–Kier alpha value is -0.910. The van der Waals surface area contributed by atoms with Gasteiger partial charge in [-0.2, -0.15) is 0 Å². The van der Waals surface area contributed by atoms with Crippen LogP contribution in [0.25, 0.3) is 4.96 Å². The summed E-state index contributed by atoms with van der Waals surface area (Å²) in [5, 5.41) is 5.34. The van der Waals surface area contributed by atoms with Crippen molar-refractivity contribution in [1.29, 1.82) is 0 Å². The number of nitrogens with zero attached hydrogens (tertiary/aromatic N) is 3. The Morgan fingerprint density at radius 3 is 3.35 bits per heavy atom. The van der Waals surface area contributed by atoms with E-state index in [-0.39, 0.29) is 0 Å². The molecule has 4 nitrogen and oxygen atoms in total. The molecule has 3 heterocycles. The van der Waals surface area contributed by atoms with E-state index in [2.05, 4.69) is 37.4 Å². The molecule has 1 saturated heterocycles. The Labute approximate surface area is 105 Å². The van der Waals surface area contributed by atoms with Gasteiger partial charge in [0.25, 0.3) is 0 Å². The van der Waals surface area contributed by atoms with Gasteiger partial charge in [0, 0.05) is 30.9 Å². The van der Waals surface area contributed by atoms with E-state index in [0.717, 1.165) is 24.0 Å². The summed E-state index contributed by atoms with van der Waals surface area (Å²) in [5.41, 5.74) is 1.20. The minimum Gasteiger partial charge on any atom is -0.319 e. The van der Waals surface area contributed by atoms with Crippen LogP contribution in [0.1, 0.15) is 12.1 Å². The largest absolute Gasteiger partial charge is 0.319 e. The number of fused-ring (bicyclic) bond motifs is 1. The molecule has 0 spiro atoms. The number of rotatable bonds is 4. The minimum absolute atomic E-state index is 0.809. The van der Waals surface area contributed by atoms with Crippen LogP contribution < -0.4 is 5.32 Å². The fourth-order valence-corrected chi connectivity index (χ4v) is 3.31. The average molecular weight is 250 g/mol. The summed E-state index contributed by atoms with van der Waals surface area (Å²) in [6.07, 6.45) is 5.53. The van der Waals surface area contributed by atoms with E-state index in [1.54, 1.807) is 11.3 Å². The Morgan fingerprint density at radius 1 is 1.59 bits per heavy atom. The molecule has 0 aromatic carbocycles. The lowest BCUT2D eigenvalue weighted by Crippen LogP contribution is -2.24. The molecular weight excluding hydrogens is 232 g/mol. The summed E-state index contributed by atoms with van der Waals surface area (Å²) in [5.74, 6) is 0.809. The molecule has 92 valence electrons. The van der Waals surface area contributed by atoms with Crippen LogP contribution in [0.3, 0.4) is 0 Å². The fourth-order valence-electron chi connectivity index (χ4n) is 2.59. The summed E-state index contributed by atoms with van der Waals surface area (Å²) in [6.45, 7) is 4.53. The van der Waals surface area contributed by atoms with Crippen molar-refractivity contribution in [1.82, 2.24) is 19.6 Å². The number of thiazole rings is 1. The monoisotopic (exact) mass is 250 g/mol. The first-order valence-electron chi connectivity index (χ1n) is 6.13. The van der Waals surface area contributed by atoms with Gasteiger partial charge >= 0.3 is 0 Å². The van der Waals surface area contributed by atoms with Crippen LogP contribution in [0.15, 0.2) is 17.8 Å². The third kappa shape index (κ3) is 2.36. The molecule has 1 aliphatic heterocycles. The van der Waals surface area contributed by atoms with Crippen molar-refractivity contribution in [2.24, 2.45) is 5.92 Å². The van der Waals surface area contributed by atoms with Crippen molar-refractivity contribution in [3.63, 3.8) is 0 Å². The van der Waals surface area contributed by atoms with E-state index in [9.17, 15) is 0 Å². The second-order valence-corrected chi connectivity index (χ2v) is 5.65. The highest BCUT2D eigenvalue weighted by atomic mass is 32.1. The Morgan fingerprint density at radius 2 is 2.53 bits per heavy atom. The summed E-state index contributed by atoms with van der Waals surface area (Å²) >= 11 is 1.70. The third-order valence-electron chi connectivity index (χ3n) is 3.39. The molecular formula is C12H18N4S.